The lowest BCUT2D eigenvalue weighted by Crippen LogP contribution is -2.54. The third-order valence-electron chi connectivity index (χ3n) is 13.2. The Morgan fingerprint density at radius 3 is 1.49 bits per heavy atom. The van der Waals surface area contributed by atoms with Gasteiger partial charge in [-0.3, -0.25) is 9.59 Å². The van der Waals surface area contributed by atoms with E-state index >= 15 is 0 Å². The third-order valence-corrected chi connectivity index (χ3v) is 13.2. The van der Waals surface area contributed by atoms with E-state index in [-0.39, 0.29) is 74.1 Å². The molecule has 0 unspecified atom stereocenters. The molecule has 0 bridgehead atoms. The number of nitrogens with one attached hydrogen (secondary N) is 1. The van der Waals surface area contributed by atoms with Crippen LogP contribution in [0.3, 0.4) is 0 Å². The van der Waals surface area contributed by atoms with Crippen molar-refractivity contribution in [1.29, 1.82) is 0 Å². The normalized spacial score (nSPS) is 18.8. The molecule has 404 valence electrons. The number of carbonyl (C=O) groups is 3. The summed E-state index contributed by atoms with van der Waals surface area (Å²) in [6.07, 6.45) is 16.9. The molecule has 2 atom stereocenters. The average Bonchev–Trinajstić information content (AvgIpc) is 3.32. The van der Waals surface area contributed by atoms with Gasteiger partial charge < -0.3 is 53.2 Å². The number of rotatable bonds is 20. The van der Waals surface area contributed by atoms with E-state index in [9.17, 15) is 14.4 Å². The zero-order valence-electron chi connectivity index (χ0n) is 44.2. The van der Waals surface area contributed by atoms with Crippen LogP contribution in [0.15, 0.2) is 36.4 Å². The molecule has 2 saturated carbocycles. The Balaban J connectivity index is 0.000000372. The van der Waals surface area contributed by atoms with Gasteiger partial charge in [0, 0.05) is 101 Å². The highest BCUT2D eigenvalue weighted by Crippen LogP contribution is 2.32. The number of nitrogens with zero attached hydrogens (tertiary/aromatic N) is 3. The molecule has 2 aliphatic carbocycles. The molecule has 0 aromatic heterocycles. The number of hydrogen-bond donors (Lipinski definition) is 1. The molecule has 4 fully saturated rings. The topological polar surface area (TPSA) is 138 Å². The molecule has 0 radical (unpaired) electrons. The minimum absolute atomic E-state index is 0. The van der Waals surface area contributed by atoms with Crippen LogP contribution < -0.4 is 24.3 Å². The molecule has 2 aromatic rings. The monoisotopic (exact) mass is 1020 g/mol. The second kappa shape index (κ2) is 31.6. The summed E-state index contributed by atoms with van der Waals surface area (Å²) in [6, 6.07) is 11.5. The van der Waals surface area contributed by atoms with Crippen molar-refractivity contribution >= 4 is 30.3 Å². The highest BCUT2D eigenvalue weighted by molar-refractivity contribution is 5.96. The van der Waals surface area contributed by atoms with Crippen LogP contribution in [0.25, 0.3) is 0 Å². The van der Waals surface area contributed by atoms with E-state index in [1.807, 2.05) is 80.8 Å². The Hall–Kier alpha value is -3.98. The third kappa shape index (κ3) is 20.5. The fraction of sp³-hybridized carbons (Fsp3) is 0.732. The summed E-state index contributed by atoms with van der Waals surface area (Å²) in [7, 11) is 3.36. The lowest BCUT2D eigenvalue weighted by Gasteiger charge is -2.41. The molecular weight excluding hydrogens is 924 g/mol. The van der Waals surface area contributed by atoms with E-state index in [0.29, 0.717) is 67.9 Å². The Kier molecular flexibility index (Phi) is 27.3. The summed E-state index contributed by atoms with van der Waals surface area (Å²) < 4.78 is 40.5. The van der Waals surface area contributed by atoms with Crippen LogP contribution in [0.2, 0.25) is 0 Å². The number of methoxy groups -OCH3 is 2. The van der Waals surface area contributed by atoms with E-state index in [0.717, 1.165) is 83.0 Å². The van der Waals surface area contributed by atoms with Gasteiger partial charge in [0.2, 0.25) is 0 Å². The number of likely N-dealkylation sites (tertiary alicyclic amines) is 1. The lowest BCUT2D eigenvalue weighted by molar-refractivity contribution is 0.00751. The van der Waals surface area contributed by atoms with Crippen molar-refractivity contribution in [2.24, 2.45) is 0 Å². The molecule has 14 nitrogen and oxygen atoms in total. The van der Waals surface area contributed by atoms with E-state index < -0.39 is 5.60 Å². The maximum absolute atomic E-state index is 14.0. The number of amides is 3. The van der Waals surface area contributed by atoms with Crippen molar-refractivity contribution in [3.8, 4) is 23.0 Å². The van der Waals surface area contributed by atoms with Crippen molar-refractivity contribution < 1.29 is 47.5 Å². The lowest BCUT2D eigenvalue weighted by atomic mass is 9.97. The Morgan fingerprint density at radius 2 is 1.07 bits per heavy atom. The second-order valence-electron chi connectivity index (χ2n) is 20.9. The molecule has 2 heterocycles. The highest BCUT2D eigenvalue weighted by Gasteiger charge is 2.35. The average molecular weight is 1020 g/mol. The fourth-order valence-corrected chi connectivity index (χ4v) is 9.92. The van der Waals surface area contributed by atoms with E-state index in [4.69, 9.17) is 33.2 Å². The van der Waals surface area contributed by atoms with Gasteiger partial charge in [0.25, 0.3) is 11.8 Å². The number of halogens is 1. The highest BCUT2D eigenvalue weighted by atomic mass is 35.5. The Labute approximate surface area is 434 Å². The Morgan fingerprint density at radius 1 is 0.620 bits per heavy atom. The van der Waals surface area contributed by atoms with Crippen LogP contribution in [-0.2, 0) is 14.2 Å². The molecular formula is C56H93ClN4O10. The van der Waals surface area contributed by atoms with E-state index in [1.165, 1.54) is 38.5 Å². The van der Waals surface area contributed by atoms with Gasteiger partial charge in [-0.25, -0.2) is 4.79 Å². The predicted molar refractivity (Wildman–Crippen MR) is 285 cm³/mol. The van der Waals surface area contributed by atoms with E-state index in [1.54, 1.807) is 19.1 Å². The molecule has 4 aliphatic rings. The molecule has 3 amide bonds. The smallest absolute Gasteiger partial charge is 0.410 e. The first-order chi connectivity index (χ1) is 33.1. The minimum Gasteiger partial charge on any atom is -0.493 e. The summed E-state index contributed by atoms with van der Waals surface area (Å²) in [5.41, 5.74) is 0.633. The van der Waals surface area contributed by atoms with Crippen molar-refractivity contribution in [3.05, 3.63) is 47.5 Å². The van der Waals surface area contributed by atoms with Crippen LogP contribution in [0.1, 0.15) is 179 Å². The summed E-state index contributed by atoms with van der Waals surface area (Å²) in [6.45, 7) is 19.1. The van der Waals surface area contributed by atoms with E-state index in [2.05, 4.69) is 19.2 Å². The summed E-state index contributed by atoms with van der Waals surface area (Å²) in [5, 5.41) is 3.44. The number of ether oxygens (including phenoxy) is 7. The molecule has 2 aromatic carbocycles. The quantitative estimate of drug-likeness (QED) is 0.127. The molecule has 6 rings (SSSR count). The number of benzene rings is 2. The number of carbonyl (C=O) groups excluding carboxylic acids is 3. The molecule has 2 aliphatic heterocycles. The standard InChI is InChI=1S/C30H48N2O6.C25H40N2O4.CH4.ClH/c1-22(2)32(24-12-10-15-31(21-24)29(34)38-30(3,4)5)28(33)23-18-26(36-17-11-16-35-6)20-27(19-23)37-25-13-8-7-9-14-25;1-19(2)27(21-9-7-12-26-18-21)25(28)20-15-23(30-14-8-13-29-3)17-24(16-20)31-22-10-5-4-6-11-22;;/h18-20,22,24-25H,7-17,21H2,1-6H3;15-17,19,21-22,26H,4-14,18H2,1-3H3;1H4;1H/t24-;21-;;/m11../s1. The molecule has 2 saturated heterocycles. The maximum Gasteiger partial charge on any atom is 0.410 e. The molecule has 15 heteroatoms. The van der Waals surface area contributed by atoms with Gasteiger partial charge in [-0.05, 0) is 156 Å². The van der Waals surface area contributed by atoms with Gasteiger partial charge in [0.15, 0.2) is 0 Å². The van der Waals surface area contributed by atoms with Crippen LogP contribution in [-0.4, -0.2) is 141 Å². The van der Waals surface area contributed by atoms with Crippen molar-refractivity contribution in [3.63, 3.8) is 0 Å². The minimum atomic E-state index is -0.560. The number of piperidine rings is 2. The van der Waals surface area contributed by atoms with Crippen molar-refractivity contribution in [2.45, 2.75) is 201 Å². The largest absolute Gasteiger partial charge is 0.493 e. The summed E-state index contributed by atoms with van der Waals surface area (Å²) in [5.74, 6) is 2.71. The predicted octanol–water partition coefficient (Wildman–Crippen LogP) is 11.5. The van der Waals surface area contributed by atoms with Gasteiger partial charge in [-0.2, -0.15) is 0 Å². The van der Waals surface area contributed by atoms with Crippen molar-refractivity contribution in [1.82, 2.24) is 20.0 Å². The summed E-state index contributed by atoms with van der Waals surface area (Å²) in [4.78, 5) is 46.1. The fourth-order valence-electron chi connectivity index (χ4n) is 9.92. The number of hydrogen-bond acceptors (Lipinski definition) is 11. The Bertz CT molecular complexity index is 1860. The van der Waals surface area contributed by atoms with Crippen LogP contribution in [0.4, 0.5) is 4.79 Å². The van der Waals surface area contributed by atoms with Gasteiger partial charge in [-0.1, -0.05) is 20.3 Å². The molecule has 1 N–H and O–H groups in total. The van der Waals surface area contributed by atoms with Crippen molar-refractivity contribution in [2.75, 3.05) is 66.8 Å². The second-order valence-corrected chi connectivity index (χ2v) is 20.9. The SMILES string of the molecule is C.COCCCOc1cc(OC2CCCCC2)cc(C(=O)N(C(C)C)[C@@H]2CCCN(C(=O)OC(C)(C)C)C2)c1.COCCCOc1cc(OC2CCCCC2)cc(C(=O)N(C(C)C)[C@@H]2CCCNC2)c1.Cl. The van der Waals surface area contributed by atoms with Gasteiger partial charge in [0.1, 0.15) is 28.6 Å². The zero-order chi connectivity index (χ0) is 49.8. The van der Waals surface area contributed by atoms with Crippen LogP contribution in [0, 0.1) is 0 Å². The van der Waals surface area contributed by atoms with Gasteiger partial charge in [-0.15, -0.1) is 12.4 Å². The van der Waals surface area contributed by atoms with Gasteiger partial charge >= 0.3 is 6.09 Å². The van der Waals surface area contributed by atoms with Gasteiger partial charge in [0.05, 0.1) is 31.5 Å². The first-order valence-electron chi connectivity index (χ1n) is 26.4. The summed E-state index contributed by atoms with van der Waals surface area (Å²) >= 11 is 0. The molecule has 71 heavy (non-hydrogen) atoms. The maximum atomic E-state index is 14.0. The first-order valence-corrected chi connectivity index (χ1v) is 26.4. The van der Waals surface area contributed by atoms with Crippen LogP contribution in [0.5, 0.6) is 23.0 Å². The molecule has 0 spiro atoms. The first kappa shape index (κ1) is 61.3. The van der Waals surface area contributed by atoms with Crippen LogP contribution >= 0.6 is 12.4 Å². The zero-order valence-corrected chi connectivity index (χ0v) is 45.0.